The van der Waals surface area contributed by atoms with E-state index in [9.17, 15) is 0 Å². The molecule has 1 unspecified atom stereocenters. The first-order valence-corrected chi connectivity index (χ1v) is 7.85. The topological polar surface area (TPSA) is 38.0 Å². The van der Waals surface area contributed by atoms with E-state index >= 15 is 0 Å². The van der Waals surface area contributed by atoms with Gasteiger partial charge in [0.15, 0.2) is 0 Å². The van der Waals surface area contributed by atoms with E-state index in [1.807, 2.05) is 12.1 Å². The Labute approximate surface area is 126 Å². The second-order valence-electron chi connectivity index (χ2n) is 4.98. The largest absolute Gasteiger partial charge is 0.271 e. The lowest BCUT2D eigenvalue weighted by Gasteiger charge is -2.17. The molecule has 19 heavy (non-hydrogen) atoms. The van der Waals surface area contributed by atoms with Gasteiger partial charge in [-0.15, -0.1) is 0 Å². The SMILES string of the molecule is CCCCCCCCC(NN)c1cc(Cl)cc(Cl)c1. The highest BCUT2D eigenvalue weighted by atomic mass is 35.5. The normalized spacial score (nSPS) is 12.6. The molecule has 0 aliphatic heterocycles. The molecule has 3 N–H and O–H groups in total. The monoisotopic (exact) mass is 302 g/mol. The molecule has 0 spiro atoms. The molecule has 0 fully saturated rings. The molecule has 0 saturated carbocycles. The lowest BCUT2D eigenvalue weighted by molar-refractivity contribution is 0.477. The van der Waals surface area contributed by atoms with E-state index in [-0.39, 0.29) is 6.04 Å². The van der Waals surface area contributed by atoms with Crippen molar-refractivity contribution in [3.8, 4) is 0 Å². The van der Waals surface area contributed by atoms with Gasteiger partial charge in [0.1, 0.15) is 0 Å². The van der Waals surface area contributed by atoms with E-state index in [0.29, 0.717) is 10.0 Å². The van der Waals surface area contributed by atoms with Crippen LogP contribution in [-0.2, 0) is 0 Å². The maximum atomic E-state index is 6.02. The molecule has 1 atom stereocenters. The third-order valence-corrected chi connectivity index (χ3v) is 3.77. The third kappa shape index (κ3) is 6.62. The average Bonchev–Trinajstić information content (AvgIpc) is 2.37. The van der Waals surface area contributed by atoms with Gasteiger partial charge in [0.05, 0.1) is 0 Å². The first-order valence-electron chi connectivity index (χ1n) is 7.09. The van der Waals surface area contributed by atoms with E-state index < -0.39 is 0 Å². The smallest absolute Gasteiger partial charge is 0.0461 e. The molecule has 4 heteroatoms. The fourth-order valence-electron chi connectivity index (χ4n) is 2.25. The van der Waals surface area contributed by atoms with Crippen LogP contribution in [0.5, 0.6) is 0 Å². The molecule has 0 radical (unpaired) electrons. The van der Waals surface area contributed by atoms with Gasteiger partial charge in [-0.3, -0.25) is 11.3 Å². The zero-order valence-electron chi connectivity index (χ0n) is 11.6. The van der Waals surface area contributed by atoms with E-state index in [4.69, 9.17) is 29.0 Å². The van der Waals surface area contributed by atoms with Crippen LogP contribution in [0.1, 0.15) is 63.5 Å². The summed E-state index contributed by atoms with van der Waals surface area (Å²) in [5.41, 5.74) is 3.92. The molecule has 0 bridgehead atoms. The van der Waals surface area contributed by atoms with Gasteiger partial charge < -0.3 is 0 Å². The summed E-state index contributed by atoms with van der Waals surface area (Å²) in [6, 6.07) is 5.72. The quantitative estimate of drug-likeness (QED) is 0.371. The standard InChI is InChI=1S/C15H24Cl2N2/c1-2-3-4-5-6-7-8-15(19-18)12-9-13(16)11-14(17)10-12/h9-11,15,19H,2-8,18H2,1H3. The summed E-state index contributed by atoms with van der Waals surface area (Å²) in [6.07, 6.45) is 8.70. The fraction of sp³-hybridized carbons (Fsp3) is 0.600. The fourth-order valence-corrected chi connectivity index (χ4v) is 2.79. The van der Waals surface area contributed by atoms with Gasteiger partial charge in [-0.2, -0.15) is 0 Å². The van der Waals surface area contributed by atoms with Gasteiger partial charge in [-0.05, 0) is 30.2 Å². The molecule has 0 aliphatic carbocycles. The van der Waals surface area contributed by atoms with E-state index in [1.165, 1.54) is 38.5 Å². The third-order valence-electron chi connectivity index (χ3n) is 3.33. The molecule has 0 amide bonds. The molecule has 1 aromatic rings. The number of unbranched alkanes of at least 4 members (excludes halogenated alkanes) is 5. The molecule has 1 aromatic carbocycles. The van der Waals surface area contributed by atoms with Gasteiger partial charge in [0.2, 0.25) is 0 Å². The van der Waals surface area contributed by atoms with E-state index in [1.54, 1.807) is 6.07 Å². The first kappa shape index (κ1) is 16.8. The molecule has 0 aliphatic rings. The molecule has 108 valence electrons. The van der Waals surface area contributed by atoms with Crippen molar-refractivity contribution in [2.45, 2.75) is 57.9 Å². The minimum Gasteiger partial charge on any atom is -0.271 e. The van der Waals surface area contributed by atoms with Crippen molar-refractivity contribution in [2.24, 2.45) is 5.84 Å². The molecule has 2 nitrogen and oxygen atoms in total. The Morgan fingerprint density at radius 1 is 1.00 bits per heavy atom. The lowest BCUT2D eigenvalue weighted by atomic mass is 10.00. The average molecular weight is 303 g/mol. The summed E-state index contributed by atoms with van der Waals surface area (Å²) in [5.74, 6) is 5.63. The van der Waals surface area contributed by atoms with Crippen molar-refractivity contribution < 1.29 is 0 Å². The zero-order chi connectivity index (χ0) is 14.1. The Morgan fingerprint density at radius 3 is 2.16 bits per heavy atom. The van der Waals surface area contributed by atoms with Gasteiger partial charge in [0.25, 0.3) is 0 Å². The molecular formula is C15H24Cl2N2. The Hall–Kier alpha value is -0.280. The van der Waals surface area contributed by atoms with Gasteiger partial charge in [-0.25, -0.2) is 0 Å². The van der Waals surface area contributed by atoms with Crippen molar-refractivity contribution in [3.05, 3.63) is 33.8 Å². The number of hydrogen-bond acceptors (Lipinski definition) is 2. The lowest BCUT2D eigenvalue weighted by Crippen LogP contribution is -2.28. The van der Waals surface area contributed by atoms with Crippen molar-refractivity contribution in [2.75, 3.05) is 0 Å². The summed E-state index contributed by atoms with van der Waals surface area (Å²) in [5, 5.41) is 1.32. The highest BCUT2D eigenvalue weighted by Gasteiger charge is 2.10. The highest BCUT2D eigenvalue weighted by Crippen LogP contribution is 2.26. The number of hydrogen-bond donors (Lipinski definition) is 2. The van der Waals surface area contributed by atoms with Crippen LogP contribution in [0.2, 0.25) is 10.0 Å². The van der Waals surface area contributed by atoms with E-state index in [0.717, 1.165) is 12.0 Å². The minimum absolute atomic E-state index is 0.127. The van der Waals surface area contributed by atoms with Crippen LogP contribution in [0.15, 0.2) is 18.2 Å². The Balaban J connectivity index is 2.40. The van der Waals surface area contributed by atoms with Crippen LogP contribution < -0.4 is 11.3 Å². The van der Waals surface area contributed by atoms with Gasteiger partial charge in [-0.1, -0.05) is 68.7 Å². The number of rotatable bonds is 9. The molecule has 1 rings (SSSR count). The van der Waals surface area contributed by atoms with Crippen LogP contribution in [0.4, 0.5) is 0 Å². The summed E-state index contributed by atoms with van der Waals surface area (Å²) in [7, 11) is 0. The summed E-state index contributed by atoms with van der Waals surface area (Å²) in [6.45, 7) is 2.23. The number of hydrazine groups is 1. The summed E-state index contributed by atoms with van der Waals surface area (Å²) in [4.78, 5) is 0. The van der Waals surface area contributed by atoms with Crippen molar-refractivity contribution in [3.63, 3.8) is 0 Å². The summed E-state index contributed by atoms with van der Waals surface area (Å²) >= 11 is 12.0. The predicted molar refractivity (Wildman–Crippen MR) is 84.5 cm³/mol. The summed E-state index contributed by atoms with van der Waals surface area (Å²) < 4.78 is 0. The van der Waals surface area contributed by atoms with Crippen LogP contribution in [-0.4, -0.2) is 0 Å². The van der Waals surface area contributed by atoms with Crippen LogP contribution in [0.25, 0.3) is 0 Å². The second-order valence-corrected chi connectivity index (χ2v) is 5.85. The maximum Gasteiger partial charge on any atom is 0.0461 e. The first-order chi connectivity index (χ1) is 9.17. The number of benzene rings is 1. The Bertz CT molecular complexity index is 349. The number of nitrogens with one attached hydrogen (secondary N) is 1. The van der Waals surface area contributed by atoms with Crippen molar-refractivity contribution in [1.82, 2.24) is 5.43 Å². The molecule has 0 aromatic heterocycles. The molecular weight excluding hydrogens is 279 g/mol. The zero-order valence-corrected chi connectivity index (χ0v) is 13.1. The van der Waals surface area contributed by atoms with Crippen LogP contribution in [0.3, 0.4) is 0 Å². The predicted octanol–water partition coefficient (Wildman–Crippen LogP) is 5.25. The second kappa shape index (κ2) is 9.60. The maximum absolute atomic E-state index is 6.02. The van der Waals surface area contributed by atoms with Crippen molar-refractivity contribution in [1.29, 1.82) is 0 Å². The highest BCUT2D eigenvalue weighted by molar-refractivity contribution is 6.34. The number of halogens is 2. The van der Waals surface area contributed by atoms with Crippen molar-refractivity contribution >= 4 is 23.2 Å². The van der Waals surface area contributed by atoms with Gasteiger partial charge in [0, 0.05) is 16.1 Å². The van der Waals surface area contributed by atoms with Crippen LogP contribution in [0, 0.1) is 0 Å². The Kier molecular flexibility index (Phi) is 8.47. The Morgan fingerprint density at radius 2 is 1.58 bits per heavy atom. The minimum atomic E-state index is 0.127. The molecule has 0 heterocycles. The molecule has 0 saturated heterocycles. The number of nitrogens with two attached hydrogens (primary N) is 1. The van der Waals surface area contributed by atoms with E-state index in [2.05, 4.69) is 12.3 Å². The van der Waals surface area contributed by atoms with Crippen LogP contribution >= 0.6 is 23.2 Å². The van der Waals surface area contributed by atoms with Gasteiger partial charge >= 0.3 is 0 Å².